The van der Waals surface area contributed by atoms with Gasteiger partial charge in [0.2, 0.25) is 0 Å². The Morgan fingerprint density at radius 3 is 2.36 bits per heavy atom. The predicted octanol–water partition coefficient (Wildman–Crippen LogP) is 2.43. The lowest BCUT2D eigenvalue weighted by Gasteiger charge is -2.32. The maximum atomic E-state index is 10.6. The Labute approximate surface area is 86.1 Å². The van der Waals surface area contributed by atoms with Crippen LogP contribution in [0.25, 0.3) is 0 Å². The molecule has 0 aliphatic carbocycles. The molecule has 0 fully saturated rings. The van der Waals surface area contributed by atoms with Crippen LogP contribution in [0.5, 0.6) is 0 Å². The van der Waals surface area contributed by atoms with Crippen LogP contribution in [-0.2, 0) is 4.79 Å². The molecule has 0 amide bonds. The van der Waals surface area contributed by atoms with Gasteiger partial charge in [-0.2, -0.15) is 0 Å². The van der Waals surface area contributed by atoms with Crippen LogP contribution in [-0.4, -0.2) is 21.8 Å². The molecular formula is C11H22O3. The van der Waals surface area contributed by atoms with E-state index in [1.165, 1.54) is 0 Å². The average molecular weight is 202 g/mol. The fourth-order valence-corrected chi connectivity index (χ4v) is 1.63. The summed E-state index contributed by atoms with van der Waals surface area (Å²) in [5.74, 6) is -0.867. The Morgan fingerprint density at radius 2 is 2.00 bits per heavy atom. The van der Waals surface area contributed by atoms with Crippen molar-refractivity contribution >= 4 is 5.97 Å². The molecule has 0 rings (SSSR count). The van der Waals surface area contributed by atoms with Gasteiger partial charge in [0.1, 0.15) is 0 Å². The van der Waals surface area contributed by atoms with E-state index in [-0.39, 0.29) is 12.3 Å². The van der Waals surface area contributed by atoms with Crippen LogP contribution >= 0.6 is 0 Å². The Bertz CT molecular complexity index is 179. The molecule has 0 spiro atoms. The fourth-order valence-electron chi connectivity index (χ4n) is 1.63. The second kappa shape index (κ2) is 6.02. The second-order valence-corrected chi connectivity index (χ2v) is 4.09. The Morgan fingerprint density at radius 1 is 1.43 bits per heavy atom. The summed E-state index contributed by atoms with van der Waals surface area (Å²) in [7, 11) is 0. The van der Waals surface area contributed by atoms with Gasteiger partial charge in [0.15, 0.2) is 0 Å². The minimum Gasteiger partial charge on any atom is -0.481 e. The van der Waals surface area contributed by atoms with Gasteiger partial charge in [-0.15, -0.1) is 0 Å². The zero-order valence-corrected chi connectivity index (χ0v) is 9.42. The fraction of sp³-hybridized carbons (Fsp3) is 0.909. The van der Waals surface area contributed by atoms with Gasteiger partial charge in [0.05, 0.1) is 12.0 Å². The smallest absolute Gasteiger partial charge is 0.306 e. The van der Waals surface area contributed by atoms with Crippen molar-refractivity contribution in [3.8, 4) is 0 Å². The van der Waals surface area contributed by atoms with Gasteiger partial charge < -0.3 is 10.2 Å². The number of hydrogen-bond donors (Lipinski definition) is 2. The standard InChI is InChI=1S/C11H22O3/c1-4-6-7-11(14,8-10(12)13)9(3)5-2/h9,14H,4-8H2,1-3H3,(H,12,13). The normalized spacial score (nSPS) is 17.4. The molecule has 0 saturated heterocycles. The van der Waals surface area contributed by atoms with Gasteiger partial charge in [0, 0.05) is 0 Å². The van der Waals surface area contributed by atoms with E-state index in [9.17, 15) is 9.90 Å². The van der Waals surface area contributed by atoms with Crippen molar-refractivity contribution in [2.24, 2.45) is 5.92 Å². The van der Waals surface area contributed by atoms with Crippen LogP contribution in [0.3, 0.4) is 0 Å². The minimum absolute atomic E-state index is 0.0464. The quantitative estimate of drug-likeness (QED) is 0.666. The van der Waals surface area contributed by atoms with Crippen LogP contribution < -0.4 is 0 Å². The van der Waals surface area contributed by atoms with E-state index in [2.05, 4.69) is 0 Å². The zero-order chi connectivity index (χ0) is 11.2. The summed E-state index contributed by atoms with van der Waals surface area (Å²) in [5.41, 5.74) is -1.02. The van der Waals surface area contributed by atoms with E-state index in [0.29, 0.717) is 6.42 Å². The lowest BCUT2D eigenvalue weighted by molar-refractivity contribution is -0.145. The molecule has 0 heterocycles. The summed E-state index contributed by atoms with van der Waals surface area (Å²) in [6, 6.07) is 0. The SMILES string of the molecule is CCCCC(O)(CC(=O)O)C(C)CC. The van der Waals surface area contributed by atoms with E-state index in [1.807, 2.05) is 20.8 Å². The highest BCUT2D eigenvalue weighted by Crippen LogP contribution is 2.29. The summed E-state index contributed by atoms with van der Waals surface area (Å²) in [5, 5.41) is 18.9. The number of aliphatic hydroxyl groups is 1. The first-order valence-corrected chi connectivity index (χ1v) is 5.40. The number of rotatable bonds is 7. The van der Waals surface area contributed by atoms with Crippen molar-refractivity contribution in [1.82, 2.24) is 0 Å². The summed E-state index contributed by atoms with van der Waals surface area (Å²) in [6.07, 6.45) is 3.13. The number of aliphatic carboxylic acids is 1. The van der Waals surface area contributed by atoms with Crippen LogP contribution in [0.1, 0.15) is 52.9 Å². The molecule has 0 aromatic carbocycles. The molecular weight excluding hydrogens is 180 g/mol. The molecule has 0 aromatic heterocycles. The van der Waals surface area contributed by atoms with Crippen LogP contribution in [0.2, 0.25) is 0 Å². The minimum atomic E-state index is -1.02. The molecule has 0 saturated carbocycles. The highest BCUT2D eigenvalue weighted by atomic mass is 16.4. The first-order valence-electron chi connectivity index (χ1n) is 5.40. The molecule has 2 unspecified atom stereocenters. The number of carboxylic acids is 1. The highest BCUT2D eigenvalue weighted by molar-refractivity contribution is 5.68. The molecule has 0 aliphatic rings. The van der Waals surface area contributed by atoms with Gasteiger partial charge in [-0.3, -0.25) is 4.79 Å². The second-order valence-electron chi connectivity index (χ2n) is 4.09. The molecule has 14 heavy (non-hydrogen) atoms. The summed E-state index contributed by atoms with van der Waals surface area (Å²) < 4.78 is 0. The first-order chi connectivity index (χ1) is 6.46. The van der Waals surface area contributed by atoms with Crippen LogP contribution in [0.4, 0.5) is 0 Å². The van der Waals surface area contributed by atoms with Gasteiger partial charge in [-0.25, -0.2) is 0 Å². The number of carboxylic acid groups (broad SMARTS) is 1. The van der Waals surface area contributed by atoms with Crippen LogP contribution in [0.15, 0.2) is 0 Å². The van der Waals surface area contributed by atoms with E-state index in [0.717, 1.165) is 19.3 Å². The summed E-state index contributed by atoms with van der Waals surface area (Å²) >= 11 is 0. The first kappa shape index (κ1) is 13.4. The average Bonchev–Trinajstić information content (AvgIpc) is 2.12. The van der Waals surface area contributed by atoms with Crippen molar-refractivity contribution in [3.05, 3.63) is 0 Å². The number of unbranched alkanes of at least 4 members (excludes halogenated alkanes) is 1. The van der Waals surface area contributed by atoms with Crippen molar-refractivity contribution in [1.29, 1.82) is 0 Å². The van der Waals surface area contributed by atoms with E-state index in [1.54, 1.807) is 0 Å². The third kappa shape index (κ3) is 4.09. The monoisotopic (exact) mass is 202 g/mol. The molecule has 2 atom stereocenters. The van der Waals surface area contributed by atoms with Crippen molar-refractivity contribution in [2.45, 2.75) is 58.5 Å². The molecule has 0 bridgehead atoms. The Hall–Kier alpha value is -0.570. The van der Waals surface area contributed by atoms with Gasteiger partial charge in [-0.05, 0) is 12.3 Å². The predicted molar refractivity (Wildman–Crippen MR) is 56.2 cm³/mol. The van der Waals surface area contributed by atoms with Gasteiger partial charge in [-0.1, -0.05) is 40.0 Å². The zero-order valence-electron chi connectivity index (χ0n) is 9.42. The molecule has 84 valence electrons. The van der Waals surface area contributed by atoms with E-state index >= 15 is 0 Å². The molecule has 0 radical (unpaired) electrons. The third-order valence-electron chi connectivity index (χ3n) is 2.95. The van der Waals surface area contributed by atoms with E-state index in [4.69, 9.17) is 5.11 Å². The lowest BCUT2D eigenvalue weighted by Crippen LogP contribution is -2.38. The van der Waals surface area contributed by atoms with Crippen molar-refractivity contribution in [3.63, 3.8) is 0 Å². The Kier molecular flexibility index (Phi) is 5.77. The Balaban J connectivity index is 4.39. The molecule has 0 aliphatic heterocycles. The topological polar surface area (TPSA) is 57.5 Å². The van der Waals surface area contributed by atoms with Gasteiger partial charge in [0.25, 0.3) is 0 Å². The molecule has 3 nitrogen and oxygen atoms in total. The molecule has 3 heteroatoms. The van der Waals surface area contributed by atoms with Crippen molar-refractivity contribution < 1.29 is 15.0 Å². The maximum absolute atomic E-state index is 10.6. The third-order valence-corrected chi connectivity index (χ3v) is 2.95. The summed E-state index contributed by atoms with van der Waals surface area (Å²) in [4.78, 5) is 10.6. The highest BCUT2D eigenvalue weighted by Gasteiger charge is 2.34. The largest absolute Gasteiger partial charge is 0.481 e. The van der Waals surface area contributed by atoms with Crippen LogP contribution in [0, 0.1) is 5.92 Å². The van der Waals surface area contributed by atoms with Gasteiger partial charge >= 0.3 is 5.97 Å². The molecule has 2 N–H and O–H groups in total. The summed E-state index contributed by atoms with van der Waals surface area (Å²) in [6.45, 7) is 5.93. The molecule has 0 aromatic rings. The van der Waals surface area contributed by atoms with E-state index < -0.39 is 11.6 Å². The number of carbonyl (C=O) groups is 1. The number of hydrogen-bond acceptors (Lipinski definition) is 2. The lowest BCUT2D eigenvalue weighted by atomic mass is 9.80. The van der Waals surface area contributed by atoms with Crippen molar-refractivity contribution in [2.75, 3.05) is 0 Å². The maximum Gasteiger partial charge on any atom is 0.306 e.